The fraction of sp³-hybridized carbons (Fsp3) is 0.0833. The van der Waals surface area contributed by atoms with Crippen molar-refractivity contribution in [3.8, 4) is 11.6 Å². The van der Waals surface area contributed by atoms with Gasteiger partial charge in [-0.05, 0) is 19.1 Å². The van der Waals surface area contributed by atoms with Gasteiger partial charge in [-0.1, -0.05) is 0 Å². The maximum atomic E-state index is 13.3. The summed E-state index contributed by atoms with van der Waals surface area (Å²) in [7, 11) is 0. The molecule has 1 aromatic heterocycles. The molecule has 0 saturated heterocycles. The molecule has 0 spiro atoms. The van der Waals surface area contributed by atoms with Gasteiger partial charge in [0.15, 0.2) is 11.6 Å². The zero-order valence-corrected chi connectivity index (χ0v) is 10.1. The van der Waals surface area contributed by atoms with E-state index in [-0.39, 0.29) is 17.0 Å². The first-order chi connectivity index (χ1) is 9.38. The Morgan fingerprint density at radius 2 is 1.90 bits per heavy atom. The zero-order valence-electron chi connectivity index (χ0n) is 10.1. The summed E-state index contributed by atoms with van der Waals surface area (Å²) in [6.45, 7) is 1.46. The molecule has 0 fully saturated rings. The van der Waals surface area contributed by atoms with Gasteiger partial charge in [0.05, 0.1) is 4.92 Å². The standard InChI is InChI=1S/C12H7F3N2O3/c1-6-4-7(2-3-10(6)17(18)19)20-12-9(14)5-8(13)11(15)16-12/h2-5H,1H3. The lowest BCUT2D eigenvalue weighted by molar-refractivity contribution is -0.385. The molecule has 5 nitrogen and oxygen atoms in total. The van der Waals surface area contributed by atoms with Crippen LogP contribution in [0.25, 0.3) is 0 Å². The molecule has 0 N–H and O–H groups in total. The van der Waals surface area contributed by atoms with E-state index in [1.165, 1.54) is 19.1 Å². The molecule has 1 aromatic carbocycles. The van der Waals surface area contributed by atoms with Crippen LogP contribution >= 0.6 is 0 Å². The molecule has 104 valence electrons. The number of aryl methyl sites for hydroxylation is 1. The van der Waals surface area contributed by atoms with E-state index in [2.05, 4.69) is 4.98 Å². The second kappa shape index (κ2) is 5.16. The first-order valence-corrected chi connectivity index (χ1v) is 5.33. The maximum absolute atomic E-state index is 13.3. The number of benzene rings is 1. The van der Waals surface area contributed by atoms with Crippen molar-refractivity contribution < 1.29 is 22.8 Å². The van der Waals surface area contributed by atoms with Crippen LogP contribution in [0.5, 0.6) is 11.6 Å². The van der Waals surface area contributed by atoms with Gasteiger partial charge in [0.25, 0.3) is 17.5 Å². The van der Waals surface area contributed by atoms with Crippen molar-refractivity contribution in [1.82, 2.24) is 4.98 Å². The predicted octanol–water partition coefficient (Wildman–Crippen LogP) is 3.51. The minimum atomic E-state index is -1.50. The summed E-state index contributed by atoms with van der Waals surface area (Å²) >= 11 is 0. The Morgan fingerprint density at radius 1 is 1.20 bits per heavy atom. The highest BCUT2D eigenvalue weighted by atomic mass is 19.2. The van der Waals surface area contributed by atoms with Gasteiger partial charge >= 0.3 is 0 Å². The SMILES string of the molecule is Cc1cc(Oc2nc(F)c(F)cc2F)ccc1[N+](=O)[O-]. The van der Waals surface area contributed by atoms with Crippen LogP contribution in [0, 0.1) is 34.6 Å². The van der Waals surface area contributed by atoms with Crippen LogP contribution in [0.2, 0.25) is 0 Å². The summed E-state index contributed by atoms with van der Waals surface area (Å²) in [5.74, 6) is -4.85. The molecule has 2 aromatic rings. The molecule has 0 radical (unpaired) electrons. The number of hydrogen-bond acceptors (Lipinski definition) is 4. The second-order valence-corrected chi connectivity index (χ2v) is 3.86. The maximum Gasteiger partial charge on any atom is 0.272 e. The van der Waals surface area contributed by atoms with Gasteiger partial charge in [-0.3, -0.25) is 10.1 Å². The van der Waals surface area contributed by atoms with Crippen LogP contribution in [0.1, 0.15) is 5.56 Å². The molecule has 0 aliphatic carbocycles. The topological polar surface area (TPSA) is 65.3 Å². The minimum absolute atomic E-state index is 0.0190. The van der Waals surface area contributed by atoms with Crippen molar-refractivity contribution in [2.24, 2.45) is 0 Å². The van der Waals surface area contributed by atoms with E-state index in [1.54, 1.807) is 0 Å². The Morgan fingerprint density at radius 3 is 2.50 bits per heavy atom. The average molecular weight is 284 g/mol. The van der Waals surface area contributed by atoms with Crippen LogP contribution in [-0.4, -0.2) is 9.91 Å². The molecule has 20 heavy (non-hydrogen) atoms. The Balaban J connectivity index is 2.33. The normalized spacial score (nSPS) is 10.4. The van der Waals surface area contributed by atoms with E-state index < -0.39 is 28.4 Å². The summed E-state index contributed by atoms with van der Waals surface area (Å²) in [5.41, 5.74) is 0.131. The van der Waals surface area contributed by atoms with E-state index in [9.17, 15) is 23.3 Å². The van der Waals surface area contributed by atoms with Gasteiger partial charge in [-0.25, -0.2) is 8.78 Å². The van der Waals surface area contributed by atoms with Crippen LogP contribution in [0.15, 0.2) is 24.3 Å². The summed E-state index contributed by atoms with van der Waals surface area (Å²) in [4.78, 5) is 13.0. The smallest absolute Gasteiger partial charge is 0.272 e. The Bertz CT molecular complexity index is 692. The molecular formula is C12H7F3N2O3. The number of rotatable bonds is 3. The van der Waals surface area contributed by atoms with Crippen molar-refractivity contribution in [1.29, 1.82) is 0 Å². The monoisotopic (exact) mass is 284 g/mol. The van der Waals surface area contributed by atoms with Gasteiger partial charge in [0.1, 0.15) is 5.75 Å². The van der Waals surface area contributed by atoms with E-state index in [0.717, 1.165) is 6.07 Å². The number of nitro groups is 1. The van der Waals surface area contributed by atoms with E-state index in [1.807, 2.05) is 0 Å². The number of halogens is 3. The molecule has 2 rings (SSSR count). The van der Waals surface area contributed by atoms with E-state index >= 15 is 0 Å². The number of hydrogen-bond donors (Lipinski definition) is 0. The predicted molar refractivity (Wildman–Crippen MR) is 62.0 cm³/mol. The fourth-order valence-corrected chi connectivity index (χ4v) is 1.51. The van der Waals surface area contributed by atoms with Crippen molar-refractivity contribution >= 4 is 5.69 Å². The molecule has 0 aliphatic rings. The van der Waals surface area contributed by atoms with Crippen LogP contribution in [-0.2, 0) is 0 Å². The highest BCUT2D eigenvalue weighted by molar-refractivity contribution is 5.45. The molecule has 0 atom stereocenters. The Labute approximate surface area is 110 Å². The fourth-order valence-electron chi connectivity index (χ4n) is 1.51. The quantitative estimate of drug-likeness (QED) is 0.491. The minimum Gasteiger partial charge on any atom is -0.436 e. The summed E-state index contributed by atoms with van der Waals surface area (Å²) in [6, 6.07) is 3.92. The number of nitrogens with zero attached hydrogens (tertiary/aromatic N) is 2. The van der Waals surface area contributed by atoms with Gasteiger partial charge in [0.2, 0.25) is 0 Å². The number of aromatic nitrogens is 1. The number of pyridine rings is 1. The molecule has 0 unspecified atom stereocenters. The van der Waals surface area contributed by atoms with Crippen molar-refractivity contribution in [2.45, 2.75) is 6.92 Å². The van der Waals surface area contributed by atoms with Crippen LogP contribution in [0.3, 0.4) is 0 Å². The van der Waals surface area contributed by atoms with Gasteiger partial charge in [-0.15, -0.1) is 0 Å². The van der Waals surface area contributed by atoms with E-state index in [0.29, 0.717) is 6.07 Å². The molecule has 1 heterocycles. The Hall–Kier alpha value is -2.64. The lowest BCUT2D eigenvalue weighted by Crippen LogP contribution is -1.98. The van der Waals surface area contributed by atoms with Gasteiger partial charge in [0, 0.05) is 17.7 Å². The molecule has 0 saturated carbocycles. The third kappa shape index (κ3) is 2.68. The summed E-state index contributed by atoms with van der Waals surface area (Å²) < 4.78 is 43.9. The molecular weight excluding hydrogens is 277 g/mol. The van der Waals surface area contributed by atoms with Crippen molar-refractivity contribution in [3.63, 3.8) is 0 Å². The molecule has 0 amide bonds. The van der Waals surface area contributed by atoms with Crippen molar-refractivity contribution in [2.75, 3.05) is 0 Å². The van der Waals surface area contributed by atoms with Gasteiger partial charge in [-0.2, -0.15) is 9.37 Å². The largest absolute Gasteiger partial charge is 0.436 e. The van der Waals surface area contributed by atoms with Gasteiger partial charge < -0.3 is 4.74 Å². The lowest BCUT2D eigenvalue weighted by Gasteiger charge is -2.07. The zero-order chi connectivity index (χ0) is 14.9. The average Bonchev–Trinajstić information content (AvgIpc) is 2.35. The summed E-state index contributed by atoms with van der Waals surface area (Å²) in [6.07, 6.45) is 0. The lowest BCUT2D eigenvalue weighted by atomic mass is 10.2. The highest BCUT2D eigenvalue weighted by Crippen LogP contribution is 2.28. The molecule has 8 heteroatoms. The molecule has 0 aliphatic heterocycles. The number of ether oxygens (including phenoxy) is 1. The van der Waals surface area contributed by atoms with Crippen LogP contribution in [0.4, 0.5) is 18.9 Å². The van der Waals surface area contributed by atoms with Crippen LogP contribution < -0.4 is 4.74 Å². The third-order valence-corrected chi connectivity index (χ3v) is 2.43. The summed E-state index contributed by atoms with van der Waals surface area (Å²) in [5, 5.41) is 10.6. The Kier molecular flexibility index (Phi) is 3.55. The first kappa shape index (κ1) is 13.8. The number of nitro benzene ring substituents is 1. The highest BCUT2D eigenvalue weighted by Gasteiger charge is 2.15. The molecule has 0 bridgehead atoms. The second-order valence-electron chi connectivity index (χ2n) is 3.86. The van der Waals surface area contributed by atoms with E-state index in [4.69, 9.17) is 4.74 Å². The first-order valence-electron chi connectivity index (χ1n) is 5.33. The third-order valence-electron chi connectivity index (χ3n) is 2.43. The van der Waals surface area contributed by atoms with Crippen molar-refractivity contribution in [3.05, 3.63) is 57.5 Å².